The van der Waals surface area contributed by atoms with Crippen molar-refractivity contribution in [2.24, 2.45) is 0 Å². The molecule has 0 aliphatic carbocycles. The molecule has 0 bridgehead atoms. The molecule has 2 amide bonds. The highest BCUT2D eigenvalue weighted by atomic mass is 16.5. The van der Waals surface area contributed by atoms with Crippen LogP contribution in [0.4, 0.5) is 5.69 Å². The molecule has 1 rings (SSSR count). The molecule has 0 aliphatic heterocycles. The minimum atomic E-state index is -0.124. The first-order chi connectivity index (χ1) is 11.0. The van der Waals surface area contributed by atoms with Gasteiger partial charge in [0.2, 0.25) is 11.8 Å². The number of aryl methyl sites for hydroxylation is 1. The number of anilines is 1. The van der Waals surface area contributed by atoms with E-state index < -0.39 is 0 Å². The molecule has 0 heterocycles. The quantitative estimate of drug-likeness (QED) is 0.705. The first-order valence-corrected chi connectivity index (χ1v) is 7.68. The molecule has 0 aliphatic rings. The summed E-state index contributed by atoms with van der Waals surface area (Å²) in [5.41, 5.74) is 1.71. The van der Waals surface area contributed by atoms with E-state index in [1.165, 1.54) is 6.92 Å². The second kappa shape index (κ2) is 9.84. The number of hydrogen-bond acceptors (Lipinski definition) is 4. The molecule has 1 aromatic rings. The predicted octanol–water partition coefficient (Wildman–Crippen LogP) is 1.90. The summed E-state index contributed by atoms with van der Waals surface area (Å²) in [5.74, 6) is 0.409. The summed E-state index contributed by atoms with van der Waals surface area (Å²) < 4.78 is 10.3. The number of hydrogen-bond donors (Lipinski definition) is 1. The number of amides is 2. The maximum absolute atomic E-state index is 12.0. The normalized spacial score (nSPS) is 10.3. The fourth-order valence-electron chi connectivity index (χ4n) is 2.20. The summed E-state index contributed by atoms with van der Waals surface area (Å²) in [5, 5.41) is 2.82. The minimum absolute atomic E-state index is 0.0843. The number of carbonyl (C=O) groups is 2. The summed E-state index contributed by atoms with van der Waals surface area (Å²) in [6, 6.07) is 5.63. The van der Waals surface area contributed by atoms with Crippen LogP contribution in [0.3, 0.4) is 0 Å². The van der Waals surface area contributed by atoms with Crippen LogP contribution in [0.2, 0.25) is 0 Å². The average molecular weight is 322 g/mol. The smallest absolute Gasteiger partial charge is 0.223 e. The lowest BCUT2D eigenvalue weighted by molar-refractivity contribution is -0.121. The molecule has 0 atom stereocenters. The van der Waals surface area contributed by atoms with Crippen molar-refractivity contribution < 1.29 is 19.1 Å². The number of nitrogens with one attached hydrogen (secondary N) is 1. The van der Waals surface area contributed by atoms with Crippen LogP contribution in [0.25, 0.3) is 0 Å². The van der Waals surface area contributed by atoms with E-state index in [0.717, 1.165) is 12.0 Å². The molecular weight excluding hydrogens is 296 g/mol. The Balaban J connectivity index is 2.68. The van der Waals surface area contributed by atoms with Crippen molar-refractivity contribution in [3.63, 3.8) is 0 Å². The highest BCUT2D eigenvalue weighted by Gasteiger charge is 2.17. The van der Waals surface area contributed by atoms with Gasteiger partial charge in [-0.25, -0.2) is 0 Å². The van der Waals surface area contributed by atoms with Crippen LogP contribution in [0.15, 0.2) is 18.2 Å². The third-order valence-corrected chi connectivity index (χ3v) is 3.42. The van der Waals surface area contributed by atoms with E-state index in [1.54, 1.807) is 19.1 Å². The van der Waals surface area contributed by atoms with Crippen LogP contribution < -0.4 is 15.0 Å². The first-order valence-electron chi connectivity index (χ1n) is 7.68. The second-order valence-corrected chi connectivity index (χ2v) is 5.29. The maximum atomic E-state index is 12.0. The Morgan fingerprint density at radius 1 is 1.26 bits per heavy atom. The standard InChI is InChI=1S/C17H26N2O4/c1-13-6-7-16(23-4)15(12-13)19(14(2)20)10-8-17(21)18-9-5-11-22-3/h6-7,12H,5,8-11H2,1-4H3,(H,18,21). The van der Waals surface area contributed by atoms with Gasteiger partial charge in [-0.2, -0.15) is 0 Å². The van der Waals surface area contributed by atoms with Crippen LogP contribution in [0, 0.1) is 6.92 Å². The van der Waals surface area contributed by atoms with Gasteiger partial charge in [-0.3, -0.25) is 9.59 Å². The Morgan fingerprint density at radius 3 is 2.61 bits per heavy atom. The molecular formula is C17H26N2O4. The second-order valence-electron chi connectivity index (χ2n) is 5.29. The fourth-order valence-corrected chi connectivity index (χ4v) is 2.20. The molecule has 0 unspecified atom stereocenters. The largest absolute Gasteiger partial charge is 0.495 e. The van der Waals surface area contributed by atoms with E-state index in [4.69, 9.17) is 9.47 Å². The van der Waals surface area contributed by atoms with E-state index in [1.807, 2.05) is 25.1 Å². The van der Waals surface area contributed by atoms with Gasteiger partial charge in [0.05, 0.1) is 12.8 Å². The zero-order chi connectivity index (χ0) is 17.2. The first kappa shape index (κ1) is 19.0. The zero-order valence-corrected chi connectivity index (χ0v) is 14.3. The maximum Gasteiger partial charge on any atom is 0.223 e. The molecule has 0 aromatic heterocycles. The number of ether oxygens (including phenoxy) is 2. The summed E-state index contributed by atoms with van der Waals surface area (Å²) in [6.07, 6.45) is 1.01. The molecule has 128 valence electrons. The van der Waals surface area contributed by atoms with Crippen molar-refractivity contribution in [1.82, 2.24) is 5.32 Å². The molecule has 0 saturated carbocycles. The molecule has 0 fully saturated rings. The van der Waals surface area contributed by atoms with E-state index in [0.29, 0.717) is 31.1 Å². The fraction of sp³-hybridized carbons (Fsp3) is 0.529. The van der Waals surface area contributed by atoms with Gasteiger partial charge in [0.15, 0.2) is 0 Å². The van der Waals surface area contributed by atoms with Gasteiger partial charge in [-0.15, -0.1) is 0 Å². The SMILES string of the molecule is COCCCNC(=O)CCN(C(C)=O)c1cc(C)ccc1OC. The van der Waals surface area contributed by atoms with Crippen LogP contribution in [-0.4, -0.2) is 45.7 Å². The van der Waals surface area contributed by atoms with Crippen molar-refractivity contribution in [2.75, 3.05) is 38.8 Å². The average Bonchev–Trinajstić information content (AvgIpc) is 2.51. The Morgan fingerprint density at radius 2 is 2.00 bits per heavy atom. The van der Waals surface area contributed by atoms with Gasteiger partial charge in [0.1, 0.15) is 5.75 Å². The third kappa shape index (κ3) is 6.28. The van der Waals surface area contributed by atoms with Crippen molar-refractivity contribution in [2.45, 2.75) is 26.7 Å². The monoisotopic (exact) mass is 322 g/mol. The lowest BCUT2D eigenvalue weighted by atomic mass is 10.1. The Kier molecular flexibility index (Phi) is 8.11. The topological polar surface area (TPSA) is 67.9 Å². The highest BCUT2D eigenvalue weighted by Crippen LogP contribution is 2.29. The number of carbonyl (C=O) groups excluding carboxylic acids is 2. The van der Waals surface area contributed by atoms with Gasteiger partial charge >= 0.3 is 0 Å². The summed E-state index contributed by atoms with van der Waals surface area (Å²) in [7, 11) is 3.19. The summed E-state index contributed by atoms with van der Waals surface area (Å²) in [4.78, 5) is 25.4. The van der Waals surface area contributed by atoms with E-state index >= 15 is 0 Å². The van der Waals surface area contributed by atoms with Gasteiger partial charge in [0, 0.05) is 40.2 Å². The van der Waals surface area contributed by atoms with Gasteiger partial charge < -0.3 is 19.7 Å². The van der Waals surface area contributed by atoms with E-state index in [2.05, 4.69) is 5.32 Å². The van der Waals surface area contributed by atoms with Crippen molar-refractivity contribution in [1.29, 1.82) is 0 Å². The third-order valence-electron chi connectivity index (χ3n) is 3.42. The molecule has 0 saturated heterocycles. The summed E-state index contributed by atoms with van der Waals surface area (Å²) >= 11 is 0. The molecule has 1 N–H and O–H groups in total. The van der Waals surface area contributed by atoms with Gasteiger partial charge in [-0.1, -0.05) is 6.07 Å². The van der Waals surface area contributed by atoms with Crippen molar-refractivity contribution >= 4 is 17.5 Å². The Labute approximate surface area is 137 Å². The van der Waals surface area contributed by atoms with Crippen LogP contribution in [0.1, 0.15) is 25.3 Å². The molecule has 6 heteroatoms. The van der Waals surface area contributed by atoms with E-state index in [-0.39, 0.29) is 18.2 Å². The Hall–Kier alpha value is -2.08. The zero-order valence-electron chi connectivity index (χ0n) is 14.3. The summed E-state index contributed by atoms with van der Waals surface area (Å²) in [6.45, 7) is 4.92. The number of rotatable bonds is 9. The van der Waals surface area contributed by atoms with Crippen molar-refractivity contribution in [3.8, 4) is 5.75 Å². The lowest BCUT2D eigenvalue weighted by Crippen LogP contribution is -2.34. The number of nitrogens with zero attached hydrogens (tertiary/aromatic N) is 1. The number of methoxy groups -OCH3 is 2. The van der Waals surface area contributed by atoms with Crippen LogP contribution in [0.5, 0.6) is 5.75 Å². The molecule has 0 radical (unpaired) electrons. The van der Waals surface area contributed by atoms with Crippen molar-refractivity contribution in [3.05, 3.63) is 23.8 Å². The van der Waals surface area contributed by atoms with Crippen LogP contribution in [-0.2, 0) is 14.3 Å². The van der Waals surface area contributed by atoms with Gasteiger partial charge in [0.25, 0.3) is 0 Å². The molecule has 23 heavy (non-hydrogen) atoms. The predicted molar refractivity (Wildman–Crippen MR) is 89.9 cm³/mol. The minimum Gasteiger partial charge on any atom is -0.495 e. The van der Waals surface area contributed by atoms with E-state index in [9.17, 15) is 9.59 Å². The Bertz CT molecular complexity index is 531. The highest BCUT2D eigenvalue weighted by molar-refractivity contribution is 5.94. The molecule has 1 aromatic carbocycles. The van der Waals surface area contributed by atoms with Crippen LogP contribution >= 0.6 is 0 Å². The molecule has 0 spiro atoms. The molecule has 6 nitrogen and oxygen atoms in total. The van der Waals surface area contributed by atoms with Gasteiger partial charge in [-0.05, 0) is 31.0 Å². The lowest BCUT2D eigenvalue weighted by Gasteiger charge is -2.23. The number of benzene rings is 1.